The highest BCUT2D eigenvalue weighted by atomic mass is 35.5. The van der Waals surface area contributed by atoms with E-state index in [9.17, 15) is 13.2 Å². The van der Waals surface area contributed by atoms with Crippen molar-refractivity contribution in [2.24, 2.45) is 0 Å². The second-order valence-electron chi connectivity index (χ2n) is 6.78. The molecule has 0 atom stereocenters. The van der Waals surface area contributed by atoms with E-state index in [4.69, 9.17) is 20.9 Å². The van der Waals surface area contributed by atoms with Gasteiger partial charge in [-0.15, -0.1) is 0 Å². The predicted molar refractivity (Wildman–Crippen MR) is 104 cm³/mol. The van der Waals surface area contributed by atoms with Crippen molar-refractivity contribution in [2.75, 3.05) is 31.6 Å². The Morgan fingerprint density at radius 3 is 2.61 bits per heavy atom. The number of carbonyl (C=O) groups excluding carboxylic acids is 1. The lowest BCUT2D eigenvalue weighted by Crippen LogP contribution is -2.40. The fraction of sp³-hybridized carbons (Fsp3) is 0.444. The van der Waals surface area contributed by atoms with Crippen LogP contribution in [0.3, 0.4) is 0 Å². The molecule has 1 aromatic carbocycles. The van der Waals surface area contributed by atoms with Crippen molar-refractivity contribution < 1.29 is 22.5 Å². The Morgan fingerprint density at radius 1 is 1.29 bits per heavy atom. The van der Waals surface area contributed by atoms with Crippen molar-refractivity contribution >= 4 is 33.2 Å². The van der Waals surface area contributed by atoms with E-state index in [0.717, 1.165) is 0 Å². The minimum Gasteiger partial charge on any atom is -0.379 e. The number of hydrogen-bond acceptors (Lipinski definition) is 6. The number of anilines is 1. The van der Waals surface area contributed by atoms with E-state index in [-0.39, 0.29) is 28.9 Å². The third kappa shape index (κ3) is 4.07. The number of halogens is 1. The number of benzene rings is 1. The lowest BCUT2D eigenvalue weighted by atomic mass is 10.0. The molecular weight excluding hydrogens is 406 g/mol. The summed E-state index contributed by atoms with van der Waals surface area (Å²) in [6.45, 7) is 6.65. The molecule has 2 heterocycles. The first-order valence-corrected chi connectivity index (χ1v) is 10.7. The van der Waals surface area contributed by atoms with Gasteiger partial charge in [-0.2, -0.15) is 4.31 Å². The van der Waals surface area contributed by atoms with Crippen LogP contribution in [0.4, 0.5) is 5.69 Å². The highest BCUT2D eigenvalue weighted by Gasteiger charge is 2.29. The number of morpholine rings is 1. The van der Waals surface area contributed by atoms with Crippen molar-refractivity contribution in [3.63, 3.8) is 0 Å². The normalized spacial score (nSPS) is 15.8. The van der Waals surface area contributed by atoms with E-state index in [0.29, 0.717) is 35.9 Å². The number of nitrogens with zero attached hydrogens (tertiary/aromatic N) is 2. The van der Waals surface area contributed by atoms with Crippen molar-refractivity contribution in [2.45, 2.75) is 31.6 Å². The third-order valence-corrected chi connectivity index (χ3v) is 6.80. The number of ether oxygens (including phenoxy) is 1. The summed E-state index contributed by atoms with van der Waals surface area (Å²) in [6, 6.07) is 4.37. The first-order valence-electron chi connectivity index (χ1n) is 8.86. The number of hydrogen-bond donors (Lipinski definition) is 1. The molecule has 1 aliphatic rings. The van der Waals surface area contributed by atoms with Crippen molar-refractivity contribution in [1.82, 2.24) is 9.46 Å². The number of amides is 1. The maximum Gasteiger partial charge on any atom is 0.261 e. The number of rotatable bonds is 5. The van der Waals surface area contributed by atoms with Crippen LogP contribution in [0, 0.1) is 6.92 Å². The Kier molecular flexibility index (Phi) is 6.09. The van der Waals surface area contributed by atoms with Crippen LogP contribution >= 0.6 is 11.6 Å². The molecule has 10 heteroatoms. The van der Waals surface area contributed by atoms with Crippen LogP contribution in [-0.4, -0.2) is 50.1 Å². The first-order chi connectivity index (χ1) is 13.2. The number of nitrogens with one attached hydrogen (secondary N) is 1. The summed E-state index contributed by atoms with van der Waals surface area (Å²) in [5.41, 5.74) is 1.13. The predicted octanol–water partition coefficient (Wildman–Crippen LogP) is 3.03. The second kappa shape index (κ2) is 8.20. The van der Waals surface area contributed by atoms with Gasteiger partial charge in [0.25, 0.3) is 5.91 Å². The van der Waals surface area contributed by atoms with E-state index in [1.807, 2.05) is 13.8 Å². The van der Waals surface area contributed by atoms with Gasteiger partial charge in [-0.1, -0.05) is 30.6 Å². The number of sulfonamides is 1. The van der Waals surface area contributed by atoms with Gasteiger partial charge >= 0.3 is 0 Å². The van der Waals surface area contributed by atoms with Gasteiger partial charge in [0.05, 0.1) is 23.9 Å². The van der Waals surface area contributed by atoms with Crippen LogP contribution in [0.5, 0.6) is 0 Å². The molecule has 1 aromatic heterocycles. The second-order valence-corrected chi connectivity index (χ2v) is 9.09. The molecule has 8 nitrogen and oxygen atoms in total. The standard InChI is InChI=1S/C18H22ClN3O5S/c1-11(2)17-16(12(3)21-27-17)18(23)20-13-4-5-14(19)15(10-13)28(24,25)22-6-8-26-9-7-22/h4-5,10-11H,6-9H2,1-3H3,(H,20,23). The van der Waals surface area contributed by atoms with Gasteiger partial charge in [-0.3, -0.25) is 4.79 Å². The van der Waals surface area contributed by atoms with Crippen molar-refractivity contribution in [1.29, 1.82) is 0 Å². The van der Waals surface area contributed by atoms with Crippen LogP contribution in [0.15, 0.2) is 27.6 Å². The molecule has 0 spiro atoms. The molecule has 0 radical (unpaired) electrons. The maximum absolute atomic E-state index is 12.9. The van der Waals surface area contributed by atoms with Crippen molar-refractivity contribution in [3.8, 4) is 0 Å². The minimum absolute atomic E-state index is 0.0237. The Bertz CT molecular complexity index is 981. The van der Waals surface area contributed by atoms with Gasteiger partial charge in [0.1, 0.15) is 10.5 Å². The smallest absolute Gasteiger partial charge is 0.261 e. The third-order valence-electron chi connectivity index (χ3n) is 4.42. The Labute approximate surface area is 168 Å². The van der Waals surface area contributed by atoms with Gasteiger partial charge in [-0.25, -0.2) is 8.42 Å². The van der Waals surface area contributed by atoms with E-state index < -0.39 is 15.9 Å². The van der Waals surface area contributed by atoms with Gasteiger partial charge < -0.3 is 14.6 Å². The quantitative estimate of drug-likeness (QED) is 0.786. The molecule has 152 valence electrons. The summed E-state index contributed by atoms with van der Waals surface area (Å²) in [5.74, 6) is 0.0362. The van der Waals surface area contributed by atoms with Gasteiger partial charge in [0, 0.05) is 24.7 Å². The average Bonchev–Trinajstić information content (AvgIpc) is 3.06. The number of aryl methyl sites for hydroxylation is 1. The summed E-state index contributed by atoms with van der Waals surface area (Å²) >= 11 is 6.15. The number of carbonyl (C=O) groups is 1. The molecule has 28 heavy (non-hydrogen) atoms. The molecule has 0 unspecified atom stereocenters. The van der Waals surface area contributed by atoms with E-state index in [1.54, 1.807) is 13.0 Å². The van der Waals surface area contributed by atoms with Crippen LogP contribution in [-0.2, 0) is 14.8 Å². The maximum atomic E-state index is 12.9. The summed E-state index contributed by atoms with van der Waals surface area (Å²) < 4.78 is 37.6. The first kappa shape index (κ1) is 20.8. The van der Waals surface area contributed by atoms with Gasteiger partial charge in [0.2, 0.25) is 10.0 Å². The molecule has 1 saturated heterocycles. The topological polar surface area (TPSA) is 102 Å². The molecule has 1 amide bonds. The molecule has 1 aliphatic heterocycles. The average molecular weight is 428 g/mol. The Morgan fingerprint density at radius 2 is 1.96 bits per heavy atom. The van der Waals surface area contributed by atoms with E-state index in [1.165, 1.54) is 16.4 Å². The largest absolute Gasteiger partial charge is 0.379 e. The molecule has 1 N–H and O–H groups in total. The summed E-state index contributed by atoms with van der Waals surface area (Å²) in [4.78, 5) is 12.7. The summed E-state index contributed by atoms with van der Waals surface area (Å²) in [7, 11) is -3.80. The SMILES string of the molecule is Cc1noc(C(C)C)c1C(=O)Nc1ccc(Cl)c(S(=O)(=O)N2CCOCC2)c1. The molecule has 0 saturated carbocycles. The van der Waals surface area contributed by atoms with Gasteiger partial charge in [-0.05, 0) is 25.1 Å². The lowest BCUT2D eigenvalue weighted by Gasteiger charge is -2.26. The Hall–Kier alpha value is -1.94. The summed E-state index contributed by atoms with van der Waals surface area (Å²) in [5, 5.41) is 6.67. The van der Waals surface area contributed by atoms with E-state index >= 15 is 0 Å². The monoisotopic (exact) mass is 427 g/mol. The fourth-order valence-electron chi connectivity index (χ4n) is 2.96. The van der Waals surface area contributed by atoms with Crippen LogP contribution < -0.4 is 5.32 Å². The highest BCUT2D eigenvalue weighted by molar-refractivity contribution is 7.89. The minimum atomic E-state index is -3.80. The molecule has 0 aliphatic carbocycles. The zero-order valence-electron chi connectivity index (χ0n) is 15.9. The number of aromatic nitrogens is 1. The molecule has 0 bridgehead atoms. The molecule has 3 rings (SSSR count). The lowest BCUT2D eigenvalue weighted by molar-refractivity contribution is 0.0730. The molecule has 2 aromatic rings. The highest BCUT2D eigenvalue weighted by Crippen LogP contribution is 2.29. The summed E-state index contributed by atoms with van der Waals surface area (Å²) in [6.07, 6.45) is 0. The van der Waals surface area contributed by atoms with E-state index in [2.05, 4.69) is 10.5 Å². The van der Waals surface area contributed by atoms with Crippen LogP contribution in [0.2, 0.25) is 5.02 Å². The van der Waals surface area contributed by atoms with Gasteiger partial charge in [0.15, 0.2) is 5.76 Å². The van der Waals surface area contributed by atoms with Crippen LogP contribution in [0.1, 0.15) is 41.6 Å². The van der Waals surface area contributed by atoms with Crippen molar-refractivity contribution in [3.05, 3.63) is 40.2 Å². The zero-order valence-corrected chi connectivity index (χ0v) is 17.4. The zero-order chi connectivity index (χ0) is 20.5. The molecule has 1 fully saturated rings. The Balaban J connectivity index is 1.90. The fourth-order valence-corrected chi connectivity index (χ4v) is 4.86. The van der Waals surface area contributed by atoms with Crippen LogP contribution in [0.25, 0.3) is 0 Å². The molecular formula is C18H22ClN3O5S.